The number of nitrogens with zero attached hydrogens (tertiary/aromatic N) is 2. The predicted molar refractivity (Wildman–Crippen MR) is 77.4 cm³/mol. The molecule has 20 heavy (non-hydrogen) atoms. The number of hydrogen-bond donors (Lipinski definition) is 1. The number of benzene rings is 1. The number of halogens is 1. The third kappa shape index (κ3) is 2.34. The van der Waals surface area contributed by atoms with E-state index in [1.54, 1.807) is 22.7 Å². The van der Waals surface area contributed by atoms with Crippen molar-refractivity contribution in [1.82, 2.24) is 4.98 Å². The van der Waals surface area contributed by atoms with Crippen molar-refractivity contribution in [3.63, 3.8) is 0 Å². The lowest BCUT2D eigenvalue weighted by Crippen LogP contribution is -2.36. The summed E-state index contributed by atoms with van der Waals surface area (Å²) in [5, 5.41) is 0. The first kappa shape index (κ1) is 12.9. The van der Waals surface area contributed by atoms with Gasteiger partial charge in [0.05, 0.1) is 11.9 Å². The number of fused-ring (bicyclic) bond motifs is 1. The number of hydrogen-bond acceptors (Lipinski definition) is 4. The molecule has 0 spiro atoms. The van der Waals surface area contributed by atoms with Gasteiger partial charge in [-0.25, -0.2) is 9.37 Å². The second kappa shape index (κ2) is 5.13. The van der Waals surface area contributed by atoms with Crippen LogP contribution in [0.4, 0.5) is 15.8 Å². The highest BCUT2D eigenvalue weighted by Crippen LogP contribution is 2.36. The molecule has 0 unspecified atom stereocenters. The van der Waals surface area contributed by atoms with E-state index in [2.05, 4.69) is 4.98 Å². The molecular formula is C14H12FN3OS. The molecule has 1 aliphatic heterocycles. The summed E-state index contributed by atoms with van der Waals surface area (Å²) in [6.07, 6.45) is 1.05. The van der Waals surface area contributed by atoms with Gasteiger partial charge in [0.1, 0.15) is 11.5 Å². The minimum Gasteiger partial charge on any atom is -0.399 e. The molecule has 0 saturated heterocycles. The molecule has 4 nitrogen and oxygen atoms in total. The Bertz CT molecular complexity index is 660. The smallest absolute Gasteiger partial charge is 0.276 e. The van der Waals surface area contributed by atoms with Crippen molar-refractivity contribution in [3.05, 3.63) is 48.0 Å². The highest BCUT2D eigenvalue weighted by Gasteiger charge is 2.25. The molecule has 1 aromatic heterocycles. The third-order valence-corrected chi connectivity index (χ3v) is 4.08. The quantitative estimate of drug-likeness (QED) is 0.820. The minimum absolute atomic E-state index is 0.228. The van der Waals surface area contributed by atoms with E-state index in [-0.39, 0.29) is 11.6 Å². The van der Waals surface area contributed by atoms with Crippen molar-refractivity contribution in [1.29, 1.82) is 0 Å². The largest absolute Gasteiger partial charge is 0.399 e. The lowest BCUT2D eigenvalue weighted by molar-refractivity contribution is 0.0983. The second-order valence-corrected chi connectivity index (χ2v) is 5.53. The summed E-state index contributed by atoms with van der Waals surface area (Å²) in [4.78, 5) is 19.0. The van der Waals surface area contributed by atoms with Crippen LogP contribution in [-0.4, -0.2) is 23.2 Å². The van der Waals surface area contributed by atoms with E-state index in [9.17, 15) is 9.18 Å². The van der Waals surface area contributed by atoms with Gasteiger partial charge in [-0.3, -0.25) is 4.79 Å². The zero-order chi connectivity index (χ0) is 14.1. The van der Waals surface area contributed by atoms with E-state index in [1.807, 2.05) is 12.1 Å². The summed E-state index contributed by atoms with van der Waals surface area (Å²) in [6.45, 7) is 0.582. The van der Waals surface area contributed by atoms with E-state index in [0.717, 1.165) is 22.5 Å². The van der Waals surface area contributed by atoms with E-state index in [1.165, 1.54) is 12.1 Å². The van der Waals surface area contributed by atoms with Crippen LogP contribution in [0.5, 0.6) is 0 Å². The van der Waals surface area contributed by atoms with Crippen LogP contribution in [-0.2, 0) is 0 Å². The Hall–Kier alpha value is -2.08. The highest BCUT2D eigenvalue weighted by molar-refractivity contribution is 7.99. The standard InChI is InChI=1S/C14H12FN3OS/c15-9-1-3-11(17-8-9)14(19)18-5-6-20-13-4-2-10(16)7-12(13)18/h1-4,7-8H,5-6,16H2. The van der Waals surface area contributed by atoms with Gasteiger partial charge in [0.25, 0.3) is 5.91 Å². The van der Waals surface area contributed by atoms with E-state index >= 15 is 0 Å². The first-order valence-electron chi connectivity index (χ1n) is 6.11. The maximum absolute atomic E-state index is 12.9. The fraction of sp³-hybridized carbons (Fsp3) is 0.143. The van der Waals surface area contributed by atoms with Crippen molar-refractivity contribution in [2.24, 2.45) is 0 Å². The Labute approximate surface area is 119 Å². The van der Waals surface area contributed by atoms with Gasteiger partial charge >= 0.3 is 0 Å². The first-order chi connectivity index (χ1) is 9.65. The molecule has 0 fully saturated rings. The number of pyridine rings is 1. The molecule has 2 heterocycles. The van der Waals surface area contributed by atoms with Gasteiger partial charge in [0, 0.05) is 22.9 Å². The fourth-order valence-electron chi connectivity index (χ4n) is 2.09. The maximum Gasteiger partial charge on any atom is 0.276 e. The van der Waals surface area contributed by atoms with Gasteiger partial charge in [-0.05, 0) is 30.3 Å². The topological polar surface area (TPSA) is 59.2 Å². The number of amides is 1. The number of anilines is 2. The van der Waals surface area contributed by atoms with Crippen LogP contribution in [0, 0.1) is 5.82 Å². The zero-order valence-electron chi connectivity index (χ0n) is 10.5. The molecule has 0 aliphatic carbocycles. The van der Waals surface area contributed by atoms with Crippen molar-refractivity contribution in [2.75, 3.05) is 22.9 Å². The maximum atomic E-state index is 12.9. The summed E-state index contributed by atoms with van der Waals surface area (Å²) in [6, 6.07) is 8.14. The highest BCUT2D eigenvalue weighted by atomic mass is 32.2. The van der Waals surface area contributed by atoms with Gasteiger partial charge in [-0.15, -0.1) is 11.8 Å². The summed E-state index contributed by atoms with van der Waals surface area (Å²) in [7, 11) is 0. The molecule has 0 saturated carbocycles. The summed E-state index contributed by atoms with van der Waals surface area (Å²) in [5.74, 6) is 0.113. The number of carbonyl (C=O) groups excluding carboxylic acids is 1. The van der Waals surface area contributed by atoms with Crippen LogP contribution >= 0.6 is 11.8 Å². The lowest BCUT2D eigenvalue weighted by atomic mass is 10.2. The van der Waals surface area contributed by atoms with Gasteiger partial charge in [-0.1, -0.05) is 0 Å². The molecule has 0 atom stereocenters. The van der Waals surface area contributed by atoms with Crippen molar-refractivity contribution < 1.29 is 9.18 Å². The molecule has 0 bridgehead atoms. The molecule has 1 amide bonds. The van der Waals surface area contributed by atoms with Crippen LogP contribution in [0.15, 0.2) is 41.4 Å². The Kier molecular flexibility index (Phi) is 3.31. The number of nitrogens with two attached hydrogens (primary N) is 1. The number of carbonyl (C=O) groups is 1. The summed E-state index contributed by atoms with van der Waals surface area (Å²) in [5.41, 5.74) is 7.42. The molecule has 1 aromatic carbocycles. The Morgan fingerprint density at radius 3 is 2.95 bits per heavy atom. The van der Waals surface area contributed by atoms with Gasteiger partial charge in [0.15, 0.2) is 0 Å². The van der Waals surface area contributed by atoms with Crippen LogP contribution in [0.3, 0.4) is 0 Å². The first-order valence-corrected chi connectivity index (χ1v) is 7.09. The van der Waals surface area contributed by atoms with E-state index < -0.39 is 5.82 Å². The van der Waals surface area contributed by atoms with E-state index in [4.69, 9.17) is 5.73 Å². The van der Waals surface area contributed by atoms with Crippen LogP contribution in [0.1, 0.15) is 10.5 Å². The summed E-state index contributed by atoms with van der Waals surface area (Å²) >= 11 is 1.69. The van der Waals surface area contributed by atoms with Crippen LogP contribution in [0.25, 0.3) is 0 Å². The third-order valence-electron chi connectivity index (χ3n) is 3.04. The van der Waals surface area contributed by atoms with Crippen molar-refractivity contribution in [2.45, 2.75) is 4.90 Å². The molecule has 102 valence electrons. The van der Waals surface area contributed by atoms with Gasteiger partial charge in [0.2, 0.25) is 0 Å². The fourth-order valence-corrected chi connectivity index (χ4v) is 3.06. The Morgan fingerprint density at radius 2 is 2.20 bits per heavy atom. The van der Waals surface area contributed by atoms with Gasteiger partial charge in [-0.2, -0.15) is 0 Å². The molecule has 1 aliphatic rings. The van der Waals surface area contributed by atoms with Crippen molar-refractivity contribution in [3.8, 4) is 0 Å². The van der Waals surface area contributed by atoms with E-state index in [0.29, 0.717) is 12.2 Å². The molecule has 0 radical (unpaired) electrons. The number of nitrogen functional groups attached to an aromatic ring is 1. The predicted octanol–water partition coefficient (Wildman–Crippen LogP) is 2.56. The number of rotatable bonds is 1. The molecule has 3 rings (SSSR count). The SMILES string of the molecule is Nc1ccc2c(c1)N(C(=O)c1ccc(F)cn1)CCS2. The monoisotopic (exact) mass is 289 g/mol. The second-order valence-electron chi connectivity index (χ2n) is 4.39. The van der Waals surface area contributed by atoms with Gasteiger partial charge < -0.3 is 10.6 Å². The number of thioether (sulfide) groups is 1. The minimum atomic E-state index is -0.458. The normalized spacial score (nSPS) is 13.9. The average Bonchev–Trinajstić information content (AvgIpc) is 2.46. The Morgan fingerprint density at radius 1 is 1.35 bits per heavy atom. The average molecular weight is 289 g/mol. The van der Waals surface area contributed by atoms with Crippen LogP contribution < -0.4 is 10.6 Å². The summed E-state index contributed by atoms with van der Waals surface area (Å²) < 4.78 is 12.9. The molecule has 2 aromatic rings. The molecule has 2 N–H and O–H groups in total. The molecule has 6 heteroatoms. The number of aromatic nitrogens is 1. The van der Waals surface area contributed by atoms with Crippen LogP contribution in [0.2, 0.25) is 0 Å². The zero-order valence-corrected chi connectivity index (χ0v) is 11.4. The Balaban J connectivity index is 1.97. The molecular weight excluding hydrogens is 277 g/mol. The lowest BCUT2D eigenvalue weighted by Gasteiger charge is -2.29. The van der Waals surface area contributed by atoms with Crippen molar-refractivity contribution >= 4 is 29.0 Å².